The average Bonchev–Trinajstić information content (AvgIpc) is 3.06. The minimum atomic E-state index is -0.633. The van der Waals surface area contributed by atoms with E-state index >= 15 is 0 Å². The topological polar surface area (TPSA) is 60.2 Å². The van der Waals surface area contributed by atoms with Gasteiger partial charge in [-0.2, -0.15) is 0 Å². The van der Waals surface area contributed by atoms with Crippen LogP contribution in [-0.2, 0) is 14.3 Å². The number of rotatable bonds is 3. The van der Waals surface area contributed by atoms with Crippen molar-refractivity contribution in [1.82, 2.24) is 0 Å². The summed E-state index contributed by atoms with van der Waals surface area (Å²) in [6, 6.07) is 9.52. The molecule has 1 saturated carbocycles. The van der Waals surface area contributed by atoms with Crippen LogP contribution in [0, 0.1) is 5.92 Å². The molecule has 0 bridgehead atoms. The predicted molar refractivity (Wildman–Crippen MR) is 75.2 cm³/mol. The number of ether oxygens (including phenoxy) is 2. The summed E-state index contributed by atoms with van der Waals surface area (Å²) in [4.78, 5) is 20.8. The summed E-state index contributed by atoms with van der Waals surface area (Å²) in [7, 11) is 0. The Bertz CT molecular complexity index is 594. The van der Waals surface area contributed by atoms with E-state index < -0.39 is 5.54 Å². The van der Waals surface area contributed by atoms with Crippen molar-refractivity contribution in [1.29, 1.82) is 0 Å². The summed E-state index contributed by atoms with van der Waals surface area (Å²) >= 11 is 0. The smallest absolute Gasteiger partial charge is 0.312 e. The SMILES string of the molecule is CCOC(=O)C1CC12N=C(C)OC2=Nc1ccccc1. The fourth-order valence-electron chi connectivity index (χ4n) is 2.45. The normalized spacial score (nSPS) is 29.2. The Hall–Kier alpha value is -2.17. The number of nitrogens with zero attached hydrogens (tertiary/aromatic N) is 2. The maximum Gasteiger partial charge on any atom is 0.312 e. The summed E-state index contributed by atoms with van der Waals surface area (Å²) in [5, 5.41) is 0. The summed E-state index contributed by atoms with van der Waals surface area (Å²) < 4.78 is 10.7. The fraction of sp³-hybridized carbons (Fsp3) is 0.400. The van der Waals surface area contributed by atoms with Crippen LogP contribution in [0.4, 0.5) is 5.69 Å². The van der Waals surface area contributed by atoms with E-state index in [1.807, 2.05) is 30.3 Å². The third kappa shape index (κ3) is 2.09. The summed E-state index contributed by atoms with van der Waals surface area (Å²) in [6.45, 7) is 3.95. The van der Waals surface area contributed by atoms with Crippen LogP contribution >= 0.6 is 0 Å². The first-order valence-electron chi connectivity index (χ1n) is 6.71. The Morgan fingerprint density at radius 2 is 2.25 bits per heavy atom. The molecule has 5 nitrogen and oxygen atoms in total. The zero-order chi connectivity index (χ0) is 14.2. The molecule has 0 N–H and O–H groups in total. The lowest BCUT2D eigenvalue weighted by Gasteiger charge is -2.07. The molecule has 1 aliphatic heterocycles. The quantitative estimate of drug-likeness (QED) is 0.794. The molecule has 1 heterocycles. The Kier molecular flexibility index (Phi) is 3.04. The number of esters is 1. The largest absolute Gasteiger partial charge is 0.466 e. The van der Waals surface area contributed by atoms with Crippen molar-refractivity contribution >= 4 is 23.5 Å². The number of para-hydroxylation sites is 1. The van der Waals surface area contributed by atoms with Crippen LogP contribution in [0.15, 0.2) is 40.3 Å². The van der Waals surface area contributed by atoms with Crippen LogP contribution < -0.4 is 0 Å². The van der Waals surface area contributed by atoms with Gasteiger partial charge in [0.15, 0.2) is 11.4 Å². The molecule has 0 radical (unpaired) electrons. The molecule has 104 valence electrons. The molecular weight excluding hydrogens is 256 g/mol. The van der Waals surface area contributed by atoms with Crippen molar-refractivity contribution in [2.24, 2.45) is 15.9 Å². The molecule has 3 rings (SSSR count). The molecule has 5 heteroatoms. The van der Waals surface area contributed by atoms with E-state index in [1.165, 1.54) is 0 Å². The predicted octanol–water partition coefficient (Wildman–Crippen LogP) is 2.49. The van der Waals surface area contributed by atoms with Gasteiger partial charge in [-0.25, -0.2) is 9.98 Å². The number of aliphatic imine (C=N–C) groups is 2. The molecule has 1 spiro atoms. The van der Waals surface area contributed by atoms with Gasteiger partial charge in [0, 0.05) is 6.92 Å². The van der Waals surface area contributed by atoms with Gasteiger partial charge >= 0.3 is 5.97 Å². The van der Waals surface area contributed by atoms with Crippen molar-refractivity contribution in [3.63, 3.8) is 0 Å². The summed E-state index contributed by atoms with van der Waals surface area (Å²) in [6.07, 6.45) is 0.606. The molecule has 1 aromatic carbocycles. The van der Waals surface area contributed by atoms with Crippen LogP contribution in [0.1, 0.15) is 20.3 Å². The lowest BCUT2D eigenvalue weighted by atomic mass is 10.2. The maximum absolute atomic E-state index is 11.9. The van der Waals surface area contributed by atoms with E-state index in [0.29, 0.717) is 24.8 Å². The third-order valence-electron chi connectivity index (χ3n) is 3.46. The zero-order valence-corrected chi connectivity index (χ0v) is 11.5. The first-order valence-corrected chi connectivity index (χ1v) is 6.71. The minimum Gasteiger partial charge on any atom is -0.466 e. The number of hydrogen-bond donors (Lipinski definition) is 0. The number of carbonyl (C=O) groups excluding carboxylic acids is 1. The first kappa shape index (κ1) is 12.8. The maximum atomic E-state index is 11.9. The highest BCUT2D eigenvalue weighted by atomic mass is 16.5. The van der Waals surface area contributed by atoms with Crippen LogP contribution in [0.2, 0.25) is 0 Å². The van der Waals surface area contributed by atoms with Gasteiger partial charge in [0.25, 0.3) is 0 Å². The molecule has 1 aromatic rings. The summed E-state index contributed by atoms with van der Waals surface area (Å²) in [5.74, 6) is 0.545. The molecule has 0 saturated heterocycles. The van der Waals surface area contributed by atoms with Gasteiger partial charge in [0.2, 0.25) is 5.90 Å². The molecule has 2 aliphatic rings. The number of hydrogen-bond acceptors (Lipinski definition) is 5. The molecular formula is C15H16N2O3. The lowest BCUT2D eigenvalue weighted by molar-refractivity contribution is -0.144. The van der Waals surface area contributed by atoms with Crippen molar-refractivity contribution in [3.8, 4) is 0 Å². The zero-order valence-electron chi connectivity index (χ0n) is 11.5. The average molecular weight is 272 g/mol. The Balaban J connectivity index is 1.87. The van der Waals surface area contributed by atoms with E-state index in [-0.39, 0.29) is 11.9 Å². The highest BCUT2D eigenvalue weighted by molar-refractivity contribution is 6.08. The standard InChI is InChI=1S/C15H16N2O3/c1-3-19-13(18)12-9-15(12)14(20-10(2)17-15)16-11-7-5-4-6-8-11/h4-8,12H,3,9H2,1-2H3. The second kappa shape index (κ2) is 4.74. The molecule has 0 amide bonds. The molecule has 2 unspecified atom stereocenters. The van der Waals surface area contributed by atoms with Crippen LogP contribution in [0.5, 0.6) is 0 Å². The third-order valence-corrected chi connectivity index (χ3v) is 3.46. The monoisotopic (exact) mass is 272 g/mol. The van der Waals surface area contributed by atoms with Crippen LogP contribution in [0.25, 0.3) is 0 Å². The fourth-order valence-corrected chi connectivity index (χ4v) is 2.45. The highest BCUT2D eigenvalue weighted by Gasteiger charge is 2.67. The van der Waals surface area contributed by atoms with E-state index in [2.05, 4.69) is 9.98 Å². The van der Waals surface area contributed by atoms with E-state index in [0.717, 1.165) is 5.69 Å². The highest BCUT2D eigenvalue weighted by Crippen LogP contribution is 2.52. The van der Waals surface area contributed by atoms with Gasteiger partial charge in [-0.1, -0.05) is 18.2 Å². The van der Waals surface area contributed by atoms with E-state index in [9.17, 15) is 4.79 Å². The second-order valence-electron chi connectivity index (χ2n) is 4.92. The van der Waals surface area contributed by atoms with Gasteiger partial charge in [0.05, 0.1) is 18.2 Å². The van der Waals surface area contributed by atoms with Gasteiger partial charge in [0.1, 0.15) is 0 Å². The van der Waals surface area contributed by atoms with Crippen molar-refractivity contribution in [2.45, 2.75) is 25.8 Å². The first-order chi connectivity index (χ1) is 9.65. The second-order valence-corrected chi connectivity index (χ2v) is 4.92. The Morgan fingerprint density at radius 3 is 2.95 bits per heavy atom. The molecule has 1 aliphatic carbocycles. The number of carbonyl (C=O) groups is 1. The molecule has 0 aromatic heterocycles. The number of benzene rings is 1. The molecule has 20 heavy (non-hydrogen) atoms. The molecule has 1 fully saturated rings. The van der Waals surface area contributed by atoms with Crippen molar-refractivity contribution in [3.05, 3.63) is 30.3 Å². The minimum absolute atomic E-state index is 0.227. The van der Waals surface area contributed by atoms with Crippen LogP contribution in [-0.4, -0.2) is 29.9 Å². The summed E-state index contributed by atoms with van der Waals surface area (Å²) in [5.41, 5.74) is 0.160. The van der Waals surface area contributed by atoms with Crippen LogP contribution in [0.3, 0.4) is 0 Å². The van der Waals surface area contributed by atoms with Crippen molar-refractivity contribution < 1.29 is 14.3 Å². The van der Waals surface area contributed by atoms with Gasteiger partial charge < -0.3 is 9.47 Å². The molecule has 2 atom stereocenters. The van der Waals surface area contributed by atoms with Gasteiger partial charge in [-0.3, -0.25) is 4.79 Å². The van der Waals surface area contributed by atoms with E-state index in [1.54, 1.807) is 13.8 Å². The van der Waals surface area contributed by atoms with E-state index in [4.69, 9.17) is 9.47 Å². The Morgan fingerprint density at radius 1 is 1.50 bits per heavy atom. The van der Waals surface area contributed by atoms with Gasteiger partial charge in [-0.15, -0.1) is 0 Å². The Labute approximate surface area is 117 Å². The van der Waals surface area contributed by atoms with Crippen molar-refractivity contribution in [2.75, 3.05) is 6.61 Å². The lowest BCUT2D eigenvalue weighted by Crippen LogP contribution is -2.24. The van der Waals surface area contributed by atoms with Gasteiger partial charge in [-0.05, 0) is 25.5 Å².